The summed E-state index contributed by atoms with van der Waals surface area (Å²) in [5.74, 6) is -0.632. The quantitative estimate of drug-likeness (QED) is 0.892. The van der Waals surface area contributed by atoms with Crippen molar-refractivity contribution in [2.24, 2.45) is 0 Å². The molecular formula is C16H15ClFNO. The van der Waals surface area contributed by atoms with Gasteiger partial charge in [-0.15, -0.1) is 0 Å². The normalized spacial score (nSPS) is 11.2. The highest BCUT2D eigenvalue weighted by molar-refractivity contribution is 6.33. The average Bonchev–Trinajstić information content (AvgIpc) is 2.42. The fourth-order valence-electron chi connectivity index (χ4n) is 1.86. The van der Waals surface area contributed by atoms with Gasteiger partial charge in [0.2, 0.25) is 5.91 Å². The summed E-state index contributed by atoms with van der Waals surface area (Å²) in [4.78, 5) is 12.4. The summed E-state index contributed by atoms with van der Waals surface area (Å²) < 4.78 is 13.0. The van der Waals surface area contributed by atoms with E-state index in [1.807, 2.05) is 44.2 Å². The van der Waals surface area contributed by atoms with Crippen LogP contribution in [0.3, 0.4) is 0 Å². The van der Waals surface area contributed by atoms with Gasteiger partial charge in [-0.3, -0.25) is 4.79 Å². The lowest BCUT2D eigenvalue weighted by Crippen LogP contribution is -2.34. The lowest BCUT2D eigenvalue weighted by molar-refractivity contribution is -0.120. The van der Waals surface area contributed by atoms with Crippen molar-refractivity contribution in [3.8, 4) is 0 Å². The van der Waals surface area contributed by atoms with Crippen LogP contribution >= 0.6 is 11.6 Å². The Labute approximate surface area is 122 Å². The van der Waals surface area contributed by atoms with Gasteiger partial charge in [0.25, 0.3) is 0 Å². The number of rotatable bonds is 3. The monoisotopic (exact) mass is 291 g/mol. The molecular weight excluding hydrogens is 277 g/mol. The Balaban J connectivity index is 2.23. The minimum absolute atomic E-state index is 0.183. The fourth-order valence-corrected chi connectivity index (χ4v) is 2.07. The molecule has 0 saturated carbocycles. The maximum absolute atomic E-state index is 13.0. The lowest BCUT2D eigenvalue weighted by atomic mass is 9.83. The zero-order valence-electron chi connectivity index (χ0n) is 11.3. The largest absolute Gasteiger partial charge is 0.324 e. The van der Waals surface area contributed by atoms with Crippen LogP contribution in [0.5, 0.6) is 0 Å². The third-order valence-electron chi connectivity index (χ3n) is 3.24. The summed E-state index contributed by atoms with van der Waals surface area (Å²) in [6.07, 6.45) is 0. The van der Waals surface area contributed by atoms with E-state index in [0.29, 0.717) is 5.69 Å². The van der Waals surface area contributed by atoms with Crippen molar-refractivity contribution in [3.63, 3.8) is 0 Å². The van der Waals surface area contributed by atoms with E-state index in [1.54, 1.807) is 0 Å². The summed E-state index contributed by atoms with van der Waals surface area (Å²) in [7, 11) is 0. The number of carbonyl (C=O) groups excluding carboxylic acids is 1. The van der Waals surface area contributed by atoms with Crippen LogP contribution in [0.2, 0.25) is 5.02 Å². The number of amides is 1. The molecule has 0 bridgehead atoms. The molecule has 0 aliphatic heterocycles. The molecule has 0 aliphatic rings. The molecule has 104 valence electrons. The maximum Gasteiger partial charge on any atom is 0.234 e. The highest BCUT2D eigenvalue weighted by Gasteiger charge is 2.29. The van der Waals surface area contributed by atoms with Gasteiger partial charge in [-0.05, 0) is 37.6 Å². The summed E-state index contributed by atoms with van der Waals surface area (Å²) in [6.45, 7) is 3.66. The van der Waals surface area contributed by atoms with Crippen molar-refractivity contribution >= 4 is 23.2 Å². The number of hydrogen-bond donors (Lipinski definition) is 1. The Kier molecular flexibility index (Phi) is 4.09. The van der Waals surface area contributed by atoms with Crippen LogP contribution in [-0.4, -0.2) is 5.91 Å². The van der Waals surface area contributed by atoms with Crippen molar-refractivity contribution in [2.75, 3.05) is 5.32 Å². The Hall–Kier alpha value is -1.87. The van der Waals surface area contributed by atoms with E-state index >= 15 is 0 Å². The predicted molar refractivity (Wildman–Crippen MR) is 79.5 cm³/mol. The van der Waals surface area contributed by atoms with Crippen LogP contribution in [-0.2, 0) is 10.2 Å². The molecule has 0 heterocycles. The molecule has 0 unspecified atom stereocenters. The molecule has 2 aromatic rings. The van der Waals surface area contributed by atoms with Crippen molar-refractivity contribution in [2.45, 2.75) is 19.3 Å². The molecule has 0 atom stereocenters. The SMILES string of the molecule is CC(C)(C(=O)Nc1ccc(F)cc1Cl)c1ccccc1. The van der Waals surface area contributed by atoms with Crippen LogP contribution in [0.1, 0.15) is 19.4 Å². The smallest absolute Gasteiger partial charge is 0.234 e. The predicted octanol–water partition coefficient (Wildman–Crippen LogP) is 4.40. The fraction of sp³-hybridized carbons (Fsp3) is 0.188. The zero-order chi connectivity index (χ0) is 14.8. The summed E-state index contributed by atoms with van der Waals surface area (Å²) in [5, 5.41) is 2.92. The molecule has 0 aromatic heterocycles. The number of hydrogen-bond acceptors (Lipinski definition) is 1. The Morgan fingerprint density at radius 3 is 2.40 bits per heavy atom. The van der Waals surface area contributed by atoms with E-state index in [-0.39, 0.29) is 10.9 Å². The summed E-state index contributed by atoms with van der Waals surface area (Å²) in [5.41, 5.74) is 0.594. The van der Waals surface area contributed by atoms with E-state index in [4.69, 9.17) is 11.6 Å². The molecule has 0 aliphatic carbocycles. The molecule has 0 spiro atoms. The highest BCUT2D eigenvalue weighted by Crippen LogP contribution is 2.28. The van der Waals surface area contributed by atoms with Crippen LogP contribution in [0.4, 0.5) is 10.1 Å². The van der Waals surface area contributed by atoms with Crippen LogP contribution in [0.25, 0.3) is 0 Å². The van der Waals surface area contributed by atoms with Gasteiger partial charge in [0.05, 0.1) is 16.1 Å². The van der Waals surface area contributed by atoms with E-state index in [2.05, 4.69) is 5.32 Å². The van der Waals surface area contributed by atoms with E-state index in [1.165, 1.54) is 18.2 Å². The second kappa shape index (κ2) is 5.63. The summed E-state index contributed by atoms with van der Waals surface area (Å²) >= 11 is 5.91. The van der Waals surface area contributed by atoms with E-state index < -0.39 is 11.2 Å². The van der Waals surface area contributed by atoms with Gasteiger partial charge < -0.3 is 5.32 Å². The van der Waals surface area contributed by atoms with Crippen molar-refractivity contribution in [1.29, 1.82) is 0 Å². The first-order chi connectivity index (χ1) is 9.41. The maximum atomic E-state index is 13.0. The third-order valence-corrected chi connectivity index (χ3v) is 3.56. The molecule has 0 saturated heterocycles. The van der Waals surface area contributed by atoms with E-state index in [0.717, 1.165) is 5.56 Å². The van der Waals surface area contributed by atoms with Crippen LogP contribution < -0.4 is 5.32 Å². The molecule has 0 fully saturated rings. The summed E-state index contributed by atoms with van der Waals surface area (Å²) in [6, 6.07) is 13.3. The number of halogens is 2. The van der Waals surface area contributed by atoms with Crippen molar-refractivity contribution in [1.82, 2.24) is 0 Å². The van der Waals surface area contributed by atoms with Crippen LogP contribution in [0, 0.1) is 5.82 Å². The highest BCUT2D eigenvalue weighted by atomic mass is 35.5. The van der Waals surface area contributed by atoms with E-state index in [9.17, 15) is 9.18 Å². The second-order valence-corrected chi connectivity index (χ2v) is 5.48. The Morgan fingerprint density at radius 1 is 1.15 bits per heavy atom. The van der Waals surface area contributed by atoms with Gasteiger partial charge in [0.1, 0.15) is 5.82 Å². The topological polar surface area (TPSA) is 29.1 Å². The van der Waals surface area contributed by atoms with Gasteiger partial charge in [0.15, 0.2) is 0 Å². The van der Waals surface area contributed by atoms with Crippen molar-refractivity contribution in [3.05, 3.63) is 64.9 Å². The average molecular weight is 292 g/mol. The minimum atomic E-state index is -0.709. The number of nitrogens with one attached hydrogen (secondary N) is 1. The molecule has 2 nitrogen and oxygen atoms in total. The molecule has 4 heteroatoms. The third kappa shape index (κ3) is 2.99. The molecule has 2 aromatic carbocycles. The standard InChI is InChI=1S/C16H15ClFNO/c1-16(2,11-6-4-3-5-7-11)15(20)19-14-9-8-12(18)10-13(14)17/h3-10H,1-2H3,(H,19,20). The van der Waals surface area contributed by atoms with Gasteiger partial charge in [-0.25, -0.2) is 4.39 Å². The zero-order valence-corrected chi connectivity index (χ0v) is 12.0. The first-order valence-electron chi connectivity index (χ1n) is 6.23. The van der Waals surface area contributed by atoms with Gasteiger partial charge in [-0.1, -0.05) is 41.9 Å². The number of carbonyl (C=O) groups is 1. The van der Waals surface area contributed by atoms with Crippen LogP contribution in [0.15, 0.2) is 48.5 Å². The molecule has 0 radical (unpaired) electrons. The minimum Gasteiger partial charge on any atom is -0.324 e. The molecule has 2 rings (SSSR count). The van der Waals surface area contributed by atoms with Gasteiger partial charge >= 0.3 is 0 Å². The van der Waals surface area contributed by atoms with Crippen molar-refractivity contribution < 1.29 is 9.18 Å². The molecule has 20 heavy (non-hydrogen) atoms. The number of benzene rings is 2. The Bertz CT molecular complexity index is 626. The lowest BCUT2D eigenvalue weighted by Gasteiger charge is -2.24. The first-order valence-corrected chi connectivity index (χ1v) is 6.61. The second-order valence-electron chi connectivity index (χ2n) is 5.07. The van der Waals surface area contributed by atoms with Gasteiger partial charge in [-0.2, -0.15) is 0 Å². The number of anilines is 1. The van der Waals surface area contributed by atoms with Gasteiger partial charge in [0, 0.05) is 0 Å². The molecule has 1 N–H and O–H groups in total. The molecule has 1 amide bonds. The Morgan fingerprint density at radius 2 is 1.80 bits per heavy atom. The first kappa shape index (κ1) is 14.5.